The van der Waals surface area contributed by atoms with Crippen molar-refractivity contribution >= 4 is 39.8 Å². The minimum absolute atomic E-state index is 0.0853. The molecule has 0 aliphatic carbocycles. The molecule has 0 unspecified atom stereocenters. The molecule has 0 fully saturated rings. The number of rotatable bonds is 7. The summed E-state index contributed by atoms with van der Waals surface area (Å²) in [4.78, 5) is 22.8. The molecular weight excluding hydrogens is 384 g/mol. The molecule has 1 amide bonds. The maximum atomic E-state index is 12.3. The van der Waals surface area contributed by atoms with Crippen molar-refractivity contribution in [2.45, 2.75) is 18.4 Å². The zero-order valence-electron chi connectivity index (χ0n) is 14.4. The molecule has 0 saturated heterocycles. The molecule has 1 aromatic heterocycles. The fourth-order valence-electron chi connectivity index (χ4n) is 2.31. The van der Waals surface area contributed by atoms with Gasteiger partial charge in [-0.05, 0) is 18.6 Å². The van der Waals surface area contributed by atoms with Gasteiger partial charge in [0.1, 0.15) is 5.01 Å². The highest BCUT2D eigenvalue weighted by Gasteiger charge is 2.16. The second-order valence-electron chi connectivity index (χ2n) is 5.69. The summed E-state index contributed by atoms with van der Waals surface area (Å²) >= 11 is 3.01. The molecule has 0 atom stereocenters. The van der Waals surface area contributed by atoms with Crippen molar-refractivity contribution in [3.8, 4) is 0 Å². The molecule has 3 rings (SSSR count). The number of hydrogen-bond donors (Lipinski definition) is 1. The van der Waals surface area contributed by atoms with Gasteiger partial charge in [0.15, 0.2) is 0 Å². The predicted molar refractivity (Wildman–Crippen MR) is 107 cm³/mol. The van der Waals surface area contributed by atoms with Crippen LogP contribution >= 0.6 is 23.1 Å². The lowest BCUT2D eigenvalue weighted by Crippen LogP contribution is -2.12. The predicted octanol–water partition coefficient (Wildman–Crippen LogP) is 4.44. The topological polar surface area (TPSA) is 98.0 Å². The van der Waals surface area contributed by atoms with Gasteiger partial charge in [-0.3, -0.25) is 20.2 Å². The van der Waals surface area contributed by atoms with Gasteiger partial charge in [-0.2, -0.15) is 0 Å². The molecule has 7 nitrogen and oxygen atoms in total. The lowest BCUT2D eigenvalue weighted by Gasteiger charge is -2.03. The van der Waals surface area contributed by atoms with Gasteiger partial charge in [0.2, 0.25) is 5.13 Å². The molecule has 0 aliphatic rings. The van der Waals surface area contributed by atoms with Crippen molar-refractivity contribution < 1.29 is 9.72 Å². The van der Waals surface area contributed by atoms with E-state index in [1.54, 1.807) is 30.8 Å². The van der Waals surface area contributed by atoms with Gasteiger partial charge < -0.3 is 0 Å². The fourth-order valence-corrected chi connectivity index (χ4v) is 4.09. The smallest absolute Gasteiger partial charge is 0.273 e. The Bertz CT molecular complexity index is 960. The number of nitrogens with zero attached hydrogens (tertiary/aromatic N) is 3. The SMILES string of the molecule is Cc1ccc(C(=O)Nc2nnc(CSCc3ccccc3)s2)cc1[N+](=O)[O-]. The third-order valence-corrected chi connectivity index (χ3v) is 5.73. The maximum Gasteiger partial charge on any atom is 0.273 e. The molecule has 0 aliphatic heterocycles. The van der Waals surface area contributed by atoms with Crippen LogP contribution in [0.1, 0.15) is 26.5 Å². The largest absolute Gasteiger partial charge is 0.296 e. The number of nitrogens with one attached hydrogen (secondary N) is 1. The summed E-state index contributed by atoms with van der Waals surface area (Å²) in [6.45, 7) is 1.63. The standard InChI is InChI=1S/C18H16N4O3S2/c1-12-7-8-14(9-15(12)22(24)25)17(23)19-18-21-20-16(27-18)11-26-10-13-5-3-2-4-6-13/h2-9H,10-11H2,1H3,(H,19,21,23). The molecule has 0 radical (unpaired) electrons. The van der Waals surface area contributed by atoms with Crippen LogP contribution in [0.2, 0.25) is 0 Å². The molecule has 3 aromatic rings. The van der Waals surface area contributed by atoms with Crippen LogP contribution in [0.4, 0.5) is 10.8 Å². The minimum atomic E-state index is -0.501. The van der Waals surface area contributed by atoms with E-state index in [-0.39, 0.29) is 11.3 Å². The minimum Gasteiger partial charge on any atom is -0.296 e. The number of nitro groups is 1. The number of aryl methyl sites for hydroxylation is 1. The van der Waals surface area contributed by atoms with Crippen LogP contribution in [-0.4, -0.2) is 21.0 Å². The number of nitro benzene ring substituents is 1. The summed E-state index contributed by atoms with van der Waals surface area (Å²) in [5.74, 6) is 1.12. The summed E-state index contributed by atoms with van der Waals surface area (Å²) in [5.41, 5.74) is 1.87. The Hall–Kier alpha value is -2.78. The van der Waals surface area contributed by atoms with E-state index in [9.17, 15) is 14.9 Å². The molecule has 138 valence electrons. The molecule has 1 heterocycles. The van der Waals surface area contributed by atoms with Crippen LogP contribution in [0.5, 0.6) is 0 Å². The molecule has 9 heteroatoms. The van der Waals surface area contributed by atoms with E-state index >= 15 is 0 Å². The Balaban J connectivity index is 1.58. The van der Waals surface area contributed by atoms with Gasteiger partial charge >= 0.3 is 0 Å². The maximum absolute atomic E-state index is 12.3. The van der Waals surface area contributed by atoms with E-state index in [4.69, 9.17) is 0 Å². The highest BCUT2D eigenvalue weighted by molar-refractivity contribution is 7.97. The summed E-state index contributed by atoms with van der Waals surface area (Å²) in [6, 6.07) is 14.5. The van der Waals surface area contributed by atoms with E-state index in [0.29, 0.717) is 16.4 Å². The van der Waals surface area contributed by atoms with E-state index in [1.165, 1.54) is 23.0 Å². The first kappa shape index (κ1) is 19.0. The van der Waals surface area contributed by atoms with Gasteiger partial charge in [-0.1, -0.05) is 47.7 Å². The summed E-state index contributed by atoms with van der Waals surface area (Å²) in [6.07, 6.45) is 0. The Morgan fingerprint density at radius 1 is 1.19 bits per heavy atom. The first-order valence-electron chi connectivity index (χ1n) is 8.03. The Labute approximate surface area is 164 Å². The van der Waals surface area contributed by atoms with Crippen LogP contribution < -0.4 is 5.32 Å². The Morgan fingerprint density at radius 3 is 2.70 bits per heavy atom. The molecule has 27 heavy (non-hydrogen) atoms. The second-order valence-corrected chi connectivity index (χ2v) is 7.74. The summed E-state index contributed by atoms with van der Waals surface area (Å²) in [5, 5.41) is 22.9. The monoisotopic (exact) mass is 400 g/mol. The van der Waals surface area contributed by atoms with E-state index in [0.717, 1.165) is 10.8 Å². The van der Waals surface area contributed by atoms with Crippen molar-refractivity contribution in [3.05, 3.63) is 80.3 Å². The zero-order chi connectivity index (χ0) is 19.2. The molecule has 0 spiro atoms. The van der Waals surface area contributed by atoms with Crippen molar-refractivity contribution in [3.63, 3.8) is 0 Å². The highest BCUT2D eigenvalue weighted by Crippen LogP contribution is 2.24. The van der Waals surface area contributed by atoms with Crippen molar-refractivity contribution in [1.29, 1.82) is 0 Å². The average Bonchev–Trinajstić information content (AvgIpc) is 3.10. The lowest BCUT2D eigenvalue weighted by atomic mass is 10.1. The third-order valence-electron chi connectivity index (χ3n) is 3.69. The number of aromatic nitrogens is 2. The molecule has 1 N–H and O–H groups in total. The van der Waals surface area contributed by atoms with Gasteiger partial charge in [0.25, 0.3) is 11.6 Å². The van der Waals surface area contributed by atoms with Crippen molar-refractivity contribution in [1.82, 2.24) is 10.2 Å². The number of carbonyl (C=O) groups excluding carboxylic acids is 1. The van der Waals surface area contributed by atoms with Gasteiger partial charge in [0.05, 0.1) is 4.92 Å². The molecule has 0 saturated carbocycles. The van der Waals surface area contributed by atoms with Gasteiger partial charge in [-0.15, -0.1) is 22.0 Å². The van der Waals surface area contributed by atoms with E-state index < -0.39 is 10.8 Å². The van der Waals surface area contributed by atoms with Crippen molar-refractivity contribution in [2.75, 3.05) is 5.32 Å². The lowest BCUT2D eigenvalue weighted by molar-refractivity contribution is -0.385. The number of anilines is 1. The number of amides is 1. The summed E-state index contributed by atoms with van der Waals surface area (Å²) in [7, 11) is 0. The number of thioether (sulfide) groups is 1. The first-order chi connectivity index (χ1) is 13.0. The average molecular weight is 400 g/mol. The molecular formula is C18H16N4O3S2. The van der Waals surface area contributed by atoms with Crippen molar-refractivity contribution in [2.24, 2.45) is 0 Å². The normalized spacial score (nSPS) is 10.6. The quantitative estimate of drug-likeness (QED) is 0.465. The zero-order valence-corrected chi connectivity index (χ0v) is 16.0. The van der Waals surface area contributed by atoms with Crippen LogP contribution in [0.15, 0.2) is 48.5 Å². The molecule has 0 bridgehead atoms. The van der Waals surface area contributed by atoms with Crippen LogP contribution in [-0.2, 0) is 11.5 Å². The third kappa shape index (κ3) is 5.11. The Morgan fingerprint density at radius 2 is 1.96 bits per heavy atom. The van der Waals surface area contributed by atoms with E-state index in [2.05, 4.69) is 27.6 Å². The van der Waals surface area contributed by atoms with Gasteiger partial charge in [-0.25, -0.2) is 0 Å². The second kappa shape index (κ2) is 8.74. The highest BCUT2D eigenvalue weighted by atomic mass is 32.2. The Kier molecular flexibility index (Phi) is 6.15. The number of carbonyl (C=O) groups is 1. The van der Waals surface area contributed by atoms with Crippen LogP contribution in [0.3, 0.4) is 0 Å². The number of benzene rings is 2. The van der Waals surface area contributed by atoms with Crippen LogP contribution in [0, 0.1) is 17.0 Å². The molecule has 2 aromatic carbocycles. The van der Waals surface area contributed by atoms with Crippen LogP contribution in [0.25, 0.3) is 0 Å². The fraction of sp³-hybridized carbons (Fsp3) is 0.167. The summed E-state index contributed by atoms with van der Waals surface area (Å²) < 4.78 is 0. The number of hydrogen-bond acceptors (Lipinski definition) is 7. The van der Waals surface area contributed by atoms with Gasteiger partial charge in [0, 0.05) is 28.7 Å². The first-order valence-corrected chi connectivity index (χ1v) is 10.0. The van der Waals surface area contributed by atoms with E-state index in [1.807, 2.05) is 18.2 Å².